The van der Waals surface area contributed by atoms with Crippen LogP contribution in [0.3, 0.4) is 0 Å². The summed E-state index contributed by atoms with van der Waals surface area (Å²) in [5.74, 6) is -0.0215. The second kappa shape index (κ2) is 5.23. The van der Waals surface area contributed by atoms with Gasteiger partial charge in [0.25, 0.3) is 0 Å². The topological polar surface area (TPSA) is 53.9 Å². The molecule has 92 valence electrons. The highest BCUT2D eigenvalue weighted by Gasteiger charge is 2.20. The van der Waals surface area contributed by atoms with E-state index in [2.05, 4.69) is 10.5 Å². The fraction of sp³-hybridized carbons (Fsp3) is 0.364. The number of rotatable bonds is 2. The Bertz CT molecular complexity index is 451. The molecule has 1 saturated heterocycles. The van der Waals surface area contributed by atoms with Gasteiger partial charge in [-0.15, -0.1) is 0 Å². The molecule has 2 rings (SSSR count). The number of hydrogen-bond donors (Lipinski definition) is 2. The van der Waals surface area contributed by atoms with E-state index in [1.807, 2.05) is 6.92 Å². The lowest BCUT2D eigenvalue weighted by Gasteiger charge is -2.04. The summed E-state index contributed by atoms with van der Waals surface area (Å²) in [6, 6.07) is 3.08. The van der Waals surface area contributed by atoms with E-state index < -0.39 is 0 Å². The molecule has 6 heteroatoms. The van der Waals surface area contributed by atoms with Crippen molar-refractivity contribution >= 4 is 29.4 Å². The van der Waals surface area contributed by atoms with Crippen LogP contribution in [0.2, 0.25) is 10.0 Å². The standard InChI is InChI=1S/C11H12Cl2N2O2/c1-6-2-10(15-17-6)14-5-7-3-8(12)4-9(13)11(7)16/h3-6,10,15-16H,2H2,1H3. The van der Waals surface area contributed by atoms with Crippen molar-refractivity contribution in [3.63, 3.8) is 0 Å². The van der Waals surface area contributed by atoms with Gasteiger partial charge in [0.15, 0.2) is 0 Å². The van der Waals surface area contributed by atoms with Gasteiger partial charge in [0.1, 0.15) is 11.9 Å². The molecule has 0 radical (unpaired) electrons. The molecule has 1 aromatic rings. The van der Waals surface area contributed by atoms with Crippen LogP contribution in [0.15, 0.2) is 17.1 Å². The van der Waals surface area contributed by atoms with Gasteiger partial charge in [0.05, 0.1) is 11.1 Å². The molecule has 0 amide bonds. The van der Waals surface area contributed by atoms with Crippen LogP contribution in [0.1, 0.15) is 18.9 Å². The van der Waals surface area contributed by atoms with Gasteiger partial charge in [-0.1, -0.05) is 23.2 Å². The molecule has 1 heterocycles. The fourth-order valence-corrected chi connectivity index (χ4v) is 2.06. The zero-order valence-electron chi connectivity index (χ0n) is 9.15. The Morgan fingerprint density at radius 1 is 1.53 bits per heavy atom. The van der Waals surface area contributed by atoms with Crippen LogP contribution < -0.4 is 5.48 Å². The maximum Gasteiger partial charge on any atom is 0.143 e. The summed E-state index contributed by atoms with van der Waals surface area (Å²) in [5, 5.41) is 10.4. The van der Waals surface area contributed by atoms with Crippen LogP contribution in [-0.2, 0) is 4.84 Å². The second-order valence-electron chi connectivity index (χ2n) is 3.90. The first-order valence-electron chi connectivity index (χ1n) is 5.18. The van der Waals surface area contributed by atoms with Crippen LogP contribution in [-0.4, -0.2) is 23.6 Å². The predicted molar refractivity (Wildman–Crippen MR) is 67.8 cm³/mol. The van der Waals surface area contributed by atoms with Gasteiger partial charge in [-0.25, -0.2) is 0 Å². The molecule has 2 N–H and O–H groups in total. The summed E-state index contributed by atoms with van der Waals surface area (Å²) in [7, 11) is 0. The number of hydroxylamine groups is 1. The first-order chi connectivity index (χ1) is 8.06. The Morgan fingerprint density at radius 3 is 2.94 bits per heavy atom. The summed E-state index contributed by atoms with van der Waals surface area (Å²) in [6.45, 7) is 1.95. The van der Waals surface area contributed by atoms with Crippen molar-refractivity contribution in [2.45, 2.75) is 25.6 Å². The number of halogens is 2. The first kappa shape index (κ1) is 12.6. The number of aliphatic imine (C=N–C) groups is 1. The van der Waals surface area contributed by atoms with E-state index in [4.69, 9.17) is 28.0 Å². The molecule has 2 atom stereocenters. The molecule has 4 nitrogen and oxygen atoms in total. The third kappa shape index (κ3) is 3.10. The lowest BCUT2D eigenvalue weighted by atomic mass is 10.2. The van der Waals surface area contributed by atoms with Gasteiger partial charge in [-0.2, -0.15) is 5.48 Å². The molecule has 0 aromatic heterocycles. The summed E-state index contributed by atoms with van der Waals surface area (Å²) in [4.78, 5) is 9.40. The number of aromatic hydroxyl groups is 1. The number of benzene rings is 1. The van der Waals surface area contributed by atoms with Crippen molar-refractivity contribution in [2.24, 2.45) is 4.99 Å². The van der Waals surface area contributed by atoms with E-state index >= 15 is 0 Å². The third-order valence-electron chi connectivity index (χ3n) is 2.41. The van der Waals surface area contributed by atoms with Crippen molar-refractivity contribution < 1.29 is 9.94 Å². The van der Waals surface area contributed by atoms with Crippen molar-refractivity contribution in [1.29, 1.82) is 0 Å². The monoisotopic (exact) mass is 274 g/mol. The number of phenols is 1. The van der Waals surface area contributed by atoms with Gasteiger partial charge in [-0.3, -0.25) is 9.83 Å². The minimum Gasteiger partial charge on any atom is -0.506 e. The van der Waals surface area contributed by atoms with E-state index in [1.54, 1.807) is 6.07 Å². The van der Waals surface area contributed by atoms with Crippen LogP contribution in [0.4, 0.5) is 0 Å². The molecule has 1 aliphatic rings. The van der Waals surface area contributed by atoms with E-state index in [0.717, 1.165) is 6.42 Å². The van der Waals surface area contributed by atoms with Crippen LogP contribution in [0.25, 0.3) is 0 Å². The van der Waals surface area contributed by atoms with Gasteiger partial charge in [0, 0.05) is 23.2 Å². The zero-order chi connectivity index (χ0) is 12.4. The minimum absolute atomic E-state index is 0.0215. The highest BCUT2D eigenvalue weighted by Crippen LogP contribution is 2.30. The average Bonchev–Trinajstić information content (AvgIpc) is 2.67. The Hall–Kier alpha value is -0.810. The van der Waals surface area contributed by atoms with Crippen molar-refractivity contribution in [2.75, 3.05) is 0 Å². The summed E-state index contributed by atoms with van der Waals surface area (Å²) < 4.78 is 0. The third-order valence-corrected chi connectivity index (χ3v) is 2.92. The molecule has 0 spiro atoms. The molecule has 17 heavy (non-hydrogen) atoms. The maximum atomic E-state index is 9.71. The lowest BCUT2D eigenvalue weighted by molar-refractivity contribution is 0.0373. The van der Waals surface area contributed by atoms with Crippen LogP contribution in [0.5, 0.6) is 5.75 Å². The van der Waals surface area contributed by atoms with E-state index in [-0.39, 0.29) is 23.0 Å². The summed E-state index contributed by atoms with van der Waals surface area (Å²) >= 11 is 11.6. The largest absolute Gasteiger partial charge is 0.506 e. The molecule has 2 unspecified atom stereocenters. The average molecular weight is 275 g/mol. The highest BCUT2D eigenvalue weighted by molar-refractivity contribution is 6.36. The Kier molecular flexibility index (Phi) is 3.89. The van der Waals surface area contributed by atoms with E-state index in [1.165, 1.54) is 12.3 Å². The van der Waals surface area contributed by atoms with Gasteiger partial charge in [0.2, 0.25) is 0 Å². The summed E-state index contributed by atoms with van der Waals surface area (Å²) in [6.07, 6.45) is 2.34. The molecule has 1 fully saturated rings. The zero-order valence-corrected chi connectivity index (χ0v) is 10.7. The SMILES string of the molecule is CC1CC(N=Cc2cc(Cl)cc(Cl)c2O)NO1. The second-order valence-corrected chi connectivity index (χ2v) is 4.75. The Balaban J connectivity index is 2.15. The van der Waals surface area contributed by atoms with Crippen LogP contribution in [0, 0.1) is 0 Å². The smallest absolute Gasteiger partial charge is 0.143 e. The molecule has 0 bridgehead atoms. The lowest BCUT2D eigenvalue weighted by Crippen LogP contribution is -2.17. The van der Waals surface area contributed by atoms with Crippen molar-refractivity contribution in [3.8, 4) is 5.75 Å². The normalized spacial score (nSPS) is 24.6. The number of phenolic OH excluding ortho intramolecular Hbond substituents is 1. The molecule has 0 saturated carbocycles. The maximum absolute atomic E-state index is 9.71. The number of nitrogens with zero attached hydrogens (tertiary/aromatic N) is 1. The molecular formula is C11H12Cl2N2O2. The fourth-order valence-electron chi connectivity index (χ4n) is 1.55. The first-order valence-corrected chi connectivity index (χ1v) is 5.94. The minimum atomic E-state index is -0.109. The van der Waals surface area contributed by atoms with Crippen molar-refractivity contribution in [3.05, 3.63) is 27.7 Å². The molecular weight excluding hydrogens is 263 g/mol. The molecule has 1 aliphatic heterocycles. The summed E-state index contributed by atoms with van der Waals surface area (Å²) in [5.41, 5.74) is 3.27. The van der Waals surface area contributed by atoms with Gasteiger partial charge >= 0.3 is 0 Å². The number of hydrogen-bond acceptors (Lipinski definition) is 4. The van der Waals surface area contributed by atoms with E-state index in [9.17, 15) is 5.11 Å². The van der Waals surface area contributed by atoms with Crippen molar-refractivity contribution in [1.82, 2.24) is 5.48 Å². The molecule has 0 aliphatic carbocycles. The van der Waals surface area contributed by atoms with Gasteiger partial charge < -0.3 is 5.11 Å². The Morgan fingerprint density at radius 2 is 2.29 bits per heavy atom. The van der Waals surface area contributed by atoms with Crippen LogP contribution >= 0.6 is 23.2 Å². The van der Waals surface area contributed by atoms with E-state index in [0.29, 0.717) is 10.6 Å². The number of nitrogens with one attached hydrogen (secondary N) is 1. The highest BCUT2D eigenvalue weighted by atomic mass is 35.5. The molecule has 1 aromatic carbocycles. The van der Waals surface area contributed by atoms with Gasteiger partial charge in [-0.05, 0) is 19.1 Å². The Labute approximate surface area is 109 Å². The quantitative estimate of drug-likeness (QED) is 0.816. The predicted octanol–water partition coefficient (Wildman–Crippen LogP) is 2.76.